The van der Waals surface area contributed by atoms with E-state index in [-0.39, 0.29) is 0 Å². The summed E-state index contributed by atoms with van der Waals surface area (Å²) in [5.74, 6) is -0.897. The van der Waals surface area contributed by atoms with Crippen LogP contribution in [0.15, 0.2) is 59.1 Å². The molecule has 1 unspecified atom stereocenters. The fourth-order valence-corrected chi connectivity index (χ4v) is 2.37. The normalized spacial score (nSPS) is 13.7. The molecule has 0 bridgehead atoms. The van der Waals surface area contributed by atoms with Gasteiger partial charge in [0.1, 0.15) is 5.54 Å². The van der Waals surface area contributed by atoms with E-state index in [0.29, 0.717) is 6.54 Å². The van der Waals surface area contributed by atoms with Crippen LogP contribution in [0.1, 0.15) is 18.1 Å². The molecule has 0 spiro atoms. The van der Waals surface area contributed by atoms with E-state index >= 15 is 0 Å². The second kappa shape index (κ2) is 6.20. The quantitative estimate of drug-likeness (QED) is 0.879. The predicted octanol–water partition coefficient (Wildman–Crippen LogP) is 3.54. The molecule has 2 aromatic carbocycles. The van der Waals surface area contributed by atoms with Crippen LogP contribution in [0.2, 0.25) is 0 Å². The van der Waals surface area contributed by atoms with E-state index in [1.165, 1.54) is 0 Å². The van der Waals surface area contributed by atoms with Crippen molar-refractivity contribution >= 4 is 21.9 Å². The monoisotopic (exact) mass is 333 g/mol. The minimum atomic E-state index is -1.13. The molecule has 3 nitrogen and oxygen atoms in total. The molecule has 0 radical (unpaired) electrons. The molecule has 0 aliphatic heterocycles. The van der Waals surface area contributed by atoms with Gasteiger partial charge in [-0.25, -0.2) is 4.79 Å². The third-order valence-electron chi connectivity index (χ3n) is 3.32. The van der Waals surface area contributed by atoms with Gasteiger partial charge in [-0.2, -0.15) is 0 Å². The number of carbonyl (C=O) groups is 1. The summed E-state index contributed by atoms with van der Waals surface area (Å²) in [4.78, 5) is 11.7. The van der Waals surface area contributed by atoms with E-state index in [1.54, 1.807) is 6.92 Å². The number of carboxylic acids is 1. The molecule has 4 heteroatoms. The Morgan fingerprint density at radius 3 is 2.50 bits per heavy atom. The van der Waals surface area contributed by atoms with Crippen LogP contribution in [-0.2, 0) is 16.9 Å². The highest BCUT2D eigenvalue weighted by Crippen LogP contribution is 2.24. The van der Waals surface area contributed by atoms with Crippen molar-refractivity contribution in [3.63, 3.8) is 0 Å². The van der Waals surface area contributed by atoms with Gasteiger partial charge in [0.2, 0.25) is 0 Å². The average molecular weight is 334 g/mol. The van der Waals surface area contributed by atoms with E-state index in [0.717, 1.165) is 15.6 Å². The molecule has 1 atom stereocenters. The number of halogens is 1. The van der Waals surface area contributed by atoms with Crippen LogP contribution in [0, 0.1) is 0 Å². The van der Waals surface area contributed by atoms with Gasteiger partial charge in [0, 0.05) is 11.0 Å². The Labute approximate surface area is 126 Å². The summed E-state index contributed by atoms with van der Waals surface area (Å²) in [5.41, 5.74) is 0.643. The van der Waals surface area contributed by atoms with Crippen molar-refractivity contribution in [1.29, 1.82) is 0 Å². The van der Waals surface area contributed by atoms with Gasteiger partial charge >= 0.3 is 5.97 Å². The van der Waals surface area contributed by atoms with Crippen molar-refractivity contribution in [2.45, 2.75) is 19.0 Å². The van der Waals surface area contributed by atoms with Crippen LogP contribution in [-0.4, -0.2) is 11.1 Å². The SMILES string of the molecule is CC(NCc1ccccc1)(C(=O)O)c1cccc(Br)c1. The van der Waals surface area contributed by atoms with Gasteiger partial charge in [-0.15, -0.1) is 0 Å². The standard InChI is InChI=1S/C16H16BrNO2/c1-16(15(19)20,13-8-5-9-14(17)10-13)18-11-12-6-3-2-4-7-12/h2-10,18H,11H2,1H3,(H,19,20). The zero-order valence-electron chi connectivity index (χ0n) is 11.1. The lowest BCUT2D eigenvalue weighted by Crippen LogP contribution is -2.46. The molecular weight excluding hydrogens is 318 g/mol. The number of aliphatic carboxylic acids is 1. The molecule has 0 aromatic heterocycles. The second-order valence-electron chi connectivity index (χ2n) is 4.78. The number of benzene rings is 2. The number of rotatable bonds is 5. The Bertz CT molecular complexity index is 600. The summed E-state index contributed by atoms with van der Waals surface area (Å²) >= 11 is 3.38. The Balaban J connectivity index is 2.24. The minimum Gasteiger partial charge on any atom is -0.480 e. The van der Waals surface area contributed by atoms with Crippen LogP contribution >= 0.6 is 15.9 Å². The maximum atomic E-state index is 11.7. The zero-order chi connectivity index (χ0) is 14.6. The summed E-state index contributed by atoms with van der Waals surface area (Å²) in [6.07, 6.45) is 0. The number of nitrogens with one attached hydrogen (secondary N) is 1. The Hall–Kier alpha value is -1.65. The van der Waals surface area contributed by atoms with Gasteiger partial charge in [0.05, 0.1) is 0 Å². The summed E-state index contributed by atoms with van der Waals surface area (Å²) in [6, 6.07) is 17.1. The number of hydrogen-bond acceptors (Lipinski definition) is 2. The van der Waals surface area contributed by atoms with Gasteiger partial charge in [0.25, 0.3) is 0 Å². The predicted molar refractivity (Wildman–Crippen MR) is 82.4 cm³/mol. The Morgan fingerprint density at radius 1 is 1.20 bits per heavy atom. The fraction of sp³-hybridized carbons (Fsp3) is 0.188. The highest BCUT2D eigenvalue weighted by molar-refractivity contribution is 9.10. The summed E-state index contributed by atoms with van der Waals surface area (Å²) in [6.45, 7) is 2.18. The minimum absolute atomic E-state index is 0.496. The molecular formula is C16H16BrNO2. The highest BCUT2D eigenvalue weighted by atomic mass is 79.9. The first-order valence-electron chi connectivity index (χ1n) is 6.31. The second-order valence-corrected chi connectivity index (χ2v) is 5.70. The molecule has 0 aliphatic carbocycles. The van der Waals surface area contributed by atoms with E-state index in [2.05, 4.69) is 21.2 Å². The Kier molecular flexibility index (Phi) is 4.57. The summed E-state index contributed by atoms with van der Waals surface area (Å²) in [7, 11) is 0. The molecule has 104 valence electrons. The molecule has 0 heterocycles. The van der Waals surface area contributed by atoms with Crippen molar-refractivity contribution in [2.24, 2.45) is 0 Å². The molecule has 0 aliphatic rings. The number of hydrogen-bond donors (Lipinski definition) is 2. The lowest BCUT2D eigenvalue weighted by atomic mass is 9.92. The van der Waals surface area contributed by atoms with Crippen molar-refractivity contribution in [3.8, 4) is 0 Å². The van der Waals surface area contributed by atoms with Crippen molar-refractivity contribution in [2.75, 3.05) is 0 Å². The van der Waals surface area contributed by atoms with Gasteiger partial charge in [-0.3, -0.25) is 5.32 Å². The van der Waals surface area contributed by atoms with Crippen LogP contribution in [0.3, 0.4) is 0 Å². The molecule has 20 heavy (non-hydrogen) atoms. The smallest absolute Gasteiger partial charge is 0.328 e. The number of carboxylic acid groups (broad SMARTS) is 1. The maximum absolute atomic E-state index is 11.7. The van der Waals surface area contributed by atoms with Gasteiger partial charge < -0.3 is 5.11 Å². The summed E-state index contributed by atoms with van der Waals surface area (Å²) in [5, 5.41) is 12.7. The first kappa shape index (κ1) is 14.8. The maximum Gasteiger partial charge on any atom is 0.328 e. The third-order valence-corrected chi connectivity index (χ3v) is 3.81. The van der Waals surface area contributed by atoms with E-state index < -0.39 is 11.5 Å². The lowest BCUT2D eigenvalue weighted by molar-refractivity contribution is -0.144. The zero-order valence-corrected chi connectivity index (χ0v) is 12.7. The highest BCUT2D eigenvalue weighted by Gasteiger charge is 2.34. The molecule has 2 N–H and O–H groups in total. The topological polar surface area (TPSA) is 49.3 Å². The third kappa shape index (κ3) is 3.26. The van der Waals surface area contributed by atoms with E-state index in [9.17, 15) is 9.90 Å². The summed E-state index contributed by atoms with van der Waals surface area (Å²) < 4.78 is 0.865. The van der Waals surface area contributed by atoms with Crippen LogP contribution in [0.5, 0.6) is 0 Å². The molecule has 0 saturated heterocycles. The van der Waals surface area contributed by atoms with Crippen LogP contribution < -0.4 is 5.32 Å². The Morgan fingerprint density at radius 2 is 1.90 bits per heavy atom. The first-order valence-corrected chi connectivity index (χ1v) is 7.10. The van der Waals surface area contributed by atoms with Gasteiger partial charge in [-0.1, -0.05) is 58.4 Å². The largest absolute Gasteiger partial charge is 0.480 e. The van der Waals surface area contributed by atoms with Gasteiger partial charge in [0.15, 0.2) is 0 Å². The molecule has 0 fully saturated rings. The van der Waals surface area contributed by atoms with Crippen molar-refractivity contribution in [3.05, 3.63) is 70.2 Å². The van der Waals surface area contributed by atoms with Crippen LogP contribution in [0.4, 0.5) is 0 Å². The van der Waals surface area contributed by atoms with Crippen molar-refractivity contribution in [1.82, 2.24) is 5.32 Å². The molecule has 2 aromatic rings. The van der Waals surface area contributed by atoms with Gasteiger partial charge in [-0.05, 0) is 30.2 Å². The fourth-order valence-electron chi connectivity index (χ4n) is 1.98. The molecule has 0 saturated carbocycles. The first-order chi connectivity index (χ1) is 9.52. The van der Waals surface area contributed by atoms with E-state index in [4.69, 9.17) is 0 Å². The average Bonchev–Trinajstić information content (AvgIpc) is 2.45. The molecule has 2 rings (SSSR count). The molecule has 0 amide bonds. The van der Waals surface area contributed by atoms with E-state index in [1.807, 2.05) is 54.6 Å². The van der Waals surface area contributed by atoms with Crippen LogP contribution in [0.25, 0.3) is 0 Å². The lowest BCUT2D eigenvalue weighted by Gasteiger charge is -2.27. The van der Waals surface area contributed by atoms with Crippen molar-refractivity contribution < 1.29 is 9.90 Å².